The van der Waals surface area contributed by atoms with E-state index >= 15 is 0 Å². The van der Waals surface area contributed by atoms with Crippen molar-refractivity contribution < 1.29 is 14.3 Å². The van der Waals surface area contributed by atoms with Gasteiger partial charge >= 0.3 is 5.97 Å². The zero-order valence-corrected chi connectivity index (χ0v) is 18.2. The molecule has 0 radical (unpaired) electrons. The maximum absolute atomic E-state index is 12.5. The van der Waals surface area contributed by atoms with Gasteiger partial charge in [-0.25, -0.2) is 4.79 Å². The molecule has 2 aromatic carbocycles. The molecule has 2 heterocycles. The van der Waals surface area contributed by atoms with Crippen LogP contribution in [0, 0.1) is 0 Å². The first-order valence-corrected chi connectivity index (χ1v) is 11.2. The number of ether oxygens (including phenoxy) is 1. The first-order valence-electron chi connectivity index (χ1n) is 9.31. The Bertz CT molecular complexity index is 1170. The summed E-state index contributed by atoms with van der Waals surface area (Å²) >= 11 is 2.89. The number of hydrogen-bond donors (Lipinski definition) is 1. The summed E-state index contributed by atoms with van der Waals surface area (Å²) in [4.78, 5) is 25.0. The van der Waals surface area contributed by atoms with Gasteiger partial charge in [-0.1, -0.05) is 36.0 Å². The van der Waals surface area contributed by atoms with Crippen LogP contribution in [-0.4, -0.2) is 39.5 Å². The molecule has 0 saturated carbocycles. The highest BCUT2D eigenvalue weighted by atomic mass is 32.2. The van der Waals surface area contributed by atoms with Crippen molar-refractivity contribution >= 4 is 40.7 Å². The Labute approximate surface area is 187 Å². The molecule has 0 unspecified atom stereocenters. The summed E-state index contributed by atoms with van der Waals surface area (Å²) in [6.45, 7) is 0. The van der Waals surface area contributed by atoms with E-state index in [0.717, 1.165) is 16.4 Å². The standard InChI is InChI=1S/C22H18N4O3S2/c1-29-21(28)15-9-11-16(12-10-15)23-19(27)14-31-22-25-24-20(18-8-5-13-30-18)26(22)17-6-3-2-4-7-17/h2-13H,14H2,1H3,(H,23,27). The van der Waals surface area contributed by atoms with Gasteiger partial charge in [0, 0.05) is 11.4 Å². The zero-order chi connectivity index (χ0) is 21.6. The molecular formula is C22H18N4O3S2. The molecule has 1 N–H and O–H groups in total. The smallest absolute Gasteiger partial charge is 0.337 e. The van der Waals surface area contributed by atoms with Crippen LogP contribution < -0.4 is 5.32 Å². The summed E-state index contributed by atoms with van der Waals surface area (Å²) in [7, 11) is 1.33. The highest BCUT2D eigenvalue weighted by Crippen LogP contribution is 2.30. The summed E-state index contributed by atoms with van der Waals surface area (Å²) in [6, 6.07) is 20.3. The molecule has 1 amide bonds. The van der Waals surface area contributed by atoms with Gasteiger partial charge in [-0.2, -0.15) is 0 Å². The van der Waals surface area contributed by atoms with E-state index in [4.69, 9.17) is 0 Å². The third-order valence-corrected chi connectivity index (χ3v) is 6.11. The Hall–Kier alpha value is -3.43. The summed E-state index contributed by atoms with van der Waals surface area (Å²) in [6.07, 6.45) is 0. The van der Waals surface area contributed by atoms with Gasteiger partial charge in [0.1, 0.15) is 0 Å². The van der Waals surface area contributed by atoms with Crippen molar-refractivity contribution in [1.82, 2.24) is 14.8 Å². The first kappa shape index (κ1) is 20.8. The van der Waals surface area contributed by atoms with E-state index in [0.29, 0.717) is 16.4 Å². The number of thiophene rings is 1. The molecule has 0 atom stereocenters. The number of methoxy groups -OCH3 is 1. The second-order valence-electron chi connectivity index (χ2n) is 6.36. The molecule has 0 fully saturated rings. The van der Waals surface area contributed by atoms with Gasteiger partial charge in [0.25, 0.3) is 0 Å². The number of thioether (sulfide) groups is 1. The quantitative estimate of drug-likeness (QED) is 0.329. The number of rotatable bonds is 7. The lowest BCUT2D eigenvalue weighted by atomic mass is 10.2. The van der Waals surface area contributed by atoms with Crippen LogP contribution in [0.15, 0.2) is 77.3 Å². The van der Waals surface area contributed by atoms with Gasteiger partial charge in [0.15, 0.2) is 11.0 Å². The Balaban J connectivity index is 1.48. The van der Waals surface area contributed by atoms with Crippen LogP contribution in [0.1, 0.15) is 10.4 Å². The first-order chi connectivity index (χ1) is 15.2. The third kappa shape index (κ3) is 4.84. The number of esters is 1. The number of benzene rings is 2. The minimum atomic E-state index is -0.421. The van der Waals surface area contributed by atoms with Crippen molar-refractivity contribution in [1.29, 1.82) is 0 Å². The van der Waals surface area contributed by atoms with Crippen LogP contribution in [0.3, 0.4) is 0 Å². The van der Waals surface area contributed by atoms with Crippen molar-refractivity contribution in [2.24, 2.45) is 0 Å². The van der Waals surface area contributed by atoms with Crippen LogP contribution in [0.25, 0.3) is 16.4 Å². The van der Waals surface area contributed by atoms with Crippen LogP contribution in [0.2, 0.25) is 0 Å². The van der Waals surface area contributed by atoms with E-state index in [-0.39, 0.29) is 11.7 Å². The topological polar surface area (TPSA) is 86.1 Å². The summed E-state index contributed by atoms with van der Waals surface area (Å²) in [5.41, 5.74) is 1.95. The fourth-order valence-corrected chi connectivity index (χ4v) is 4.32. The lowest BCUT2D eigenvalue weighted by molar-refractivity contribution is -0.113. The molecule has 0 saturated heterocycles. The molecule has 4 rings (SSSR count). The van der Waals surface area contributed by atoms with Crippen molar-refractivity contribution in [2.75, 3.05) is 18.2 Å². The number of para-hydroxylation sites is 1. The number of anilines is 1. The van der Waals surface area contributed by atoms with Crippen molar-refractivity contribution in [3.63, 3.8) is 0 Å². The van der Waals surface area contributed by atoms with Gasteiger partial charge < -0.3 is 10.1 Å². The van der Waals surface area contributed by atoms with Crippen LogP contribution >= 0.6 is 23.1 Å². The van der Waals surface area contributed by atoms with Gasteiger partial charge in [-0.05, 0) is 47.8 Å². The number of nitrogens with one attached hydrogen (secondary N) is 1. The molecular weight excluding hydrogens is 432 g/mol. The second kappa shape index (κ2) is 9.59. The molecule has 0 aliphatic rings. The van der Waals surface area contributed by atoms with Crippen molar-refractivity contribution in [3.8, 4) is 16.4 Å². The fourth-order valence-electron chi connectivity index (χ4n) is 2.87. The van der Waals surface area contributed by atoms with Gasteiger partial charge in [-0.3, -0.25) is 9.36 Å². The van der Waals surface area contributed by atoms with E-state index in [2.05, 4.69) is 20.3 Å². The molecule has 9 heteroatoms. The monoisotopic (exact) mass is 450 g/mol. The Morgan fingerprint density at radius 1 is 1.03 bits per heavy atom. The molecule has 0 aliphatic carbocycles. The Morgan fingerprint density at radius 2 is 1.81 bits per heavy atom. The maximum atomic E-state index is 12.5. The molecule has 156 valence electrons. The molecule has 0 aliphatic heterocycles. The van der Waals surface area contributed by atoms with Crippen LogP contribution in [0.4, 0.5) is 5.69 Å². The number of carbonyl (C=O) groups is 2. The molecule has 4 aromatic rings. The highest BCUT2D eigenvalue weighted by molar-refractivity contribution is 7.99. The molecule has 0 bridgehead atoms. The molecule has 31 heavy (non-hydrogen) atoms. The van der Waals surface area contributed by atoms with Gasteiger partial charge in [0.2, 0.25) is 5.91 Å². The average Bonchev–Trinajstić information content (AvgIpc) is 3.48. The van der Waals surface area contributed by atoms with E-state index in [9.17, 15) is 9.59 Å². The van der Waals surface area contributed by atoms with Crippen LogP contribution in [0.5, 0.6) is 0 Å². The van der Waals surface area contributed by atoms with E-state index in [1.54, 1.807) is 35.6 Å². The number of hydrogen-bond acceptors (Lipinski definition) is 7. The minimum Gasteiger partial charge on any atom is -0.465 e. The predicted octanol–water partition coefficient (Wildman–Crippen LogP) is 4.51. The summed E-state index contributed by atoms with van der Waals surface area (Å²) in [5, 5.41) is 14.1. The maximum Gasteiger partial charge on any atom is 0.337 e. The average molecular weight is 451 g/mol. The van der Waals surface area contributed by atoms with Crippen molar-refractivity contribution in [3.05, 3.63) is 77.7 Å². The SMILES string of the molecule is COC(=O)c1ccc(NC(=O)CSc2nnc(-c3cccs3)n2-c2ccccc2)cc1. The number of carbonyl (C=O) groups excluding carboxylic acids is 2. The van der Waals surface area contributed by atoms with E-state index in [1.165, 1.54) is 18.9 Å². The molecule has 2 aromatic heterocycles. The molecule has 7 nitrogen and oxygen atoms in total. The van der Waals surface area contributed by atoms with Gasteiger partial charge in [-0.15, -0.1) is 21.5 Å². The number of amides is 1. The Morgan fingerprint density at radius 3 is 2.48 bits per heavy atom. The predicted molar refractivity (Wildman–Crippen MR) is 122 cm³/mol. The lowest BCUT2D eigenvalue weighted by Gasteiger charge is -2.09. The number of nitrogens with zero attached hydrogens (tertiary/aromatic N) is 3. The normalized spacial score (nSPS) is 10.6. The fraction of sp³-hybridized carbons (Fsp3) is 0.0909. The third-order valence-electron chi connectivity index (χ3n) is 4.31. The minimum absolute atomic E-state index is 0.161. The van der Waals surface area contributed by atoms with Crippen LogP contribution in [-0.2, 0) is 9.53 Å². The largest absolute Gasteiger partial charge is 0.465 e. The van der Waals surface area contributed by atoms with E-state index < -0.39 is 5.97 Å². The zero-order valence-electron chi connectivity index (χ0n) is 16.5. The highest BCUT2D eigenvalue weighted by Gasteiger charge is 2.18. The van der Waals surface area contributed by atoms with E-state index in [1.807, 2.05) is 52.4 Å². The number of aromatic nitrogens is 3. The summed E-state index contributed by atoms with van der Waals surface area (Å²) in [5.74, 6) is 0.294. The van der Waals surface area contributed by atoms with Gasteiger partial charge in [0.05, 0.1) is 23.3 Å². The lowest BCUT2D eigenvalue weighted by Crippen LogP contribution is -2.14. The van der Waals surface area contributed by atoms with Crippen molar-refractivity contribution in [2.45, 2.75) is 5.16 Å². The second-order valence-corrected chi connectivity index (χ2v) is 8.25. The molecule has 0 spiro atoms. The Kier molecular flexibility index (Phi) is 6.44. The summed E-state index contributed by atoms with van der Waals surface area (Å²) < 4.78 is 6.63.